The molecule has 2 aromatic carbocycles. The number of ether oxygens (including phenoxy) is 2. The van der Waals surface area contributed by atoms with Gasteiger partial charge in [-0.15, -0.1) is 0 Å². The van der Waals surface area contributed by atoms with Gasteiger partial charge in [0.2, 0.25) is 0 Å². The molecular weight excluding hydrogens is 380 g/mol. The fourth-order valence-electron chi connectivity index (χ4n) is 3.30. The molecule has 156 valence electrons. The van der Waals surface area contributed by atoms with Crippen molar-refractivity contribution in [3.63, 3.8) is 0 Å². The third-order valence-corrected chi connectivity index (χ3v) is 4.92. The lowest BCUT2D eigenvalue weighted by molar-refractivity contribution is -0.0512. The number of methoxy groups -OCH3 is 1. The number of nitrogens with zero attached hydrogens (tertiary/aromatic N) is 2. The lowest BCUT2D eigenvalue weighted by Crippen LogP contribution is -2.45. The van der Waals surface area contributed by atoms with Gasteiger partial charge >= 0.3 is 6.61 Å². The van der Waals surface area contributed by atoms with Crippen LogP contribution in [0, 0.1) is 0 Å². The van der Waals surface area contributed by atoms with E-state index in [1.165, 1.54) is 25.3 Å². The normalized spacial score (nSPS) is 14.7. The van der Waals surface area contributed by atoms with Crippen LogP contribution in [-0.4, -0.2) is 57.8 Å². The summed E-state index contributed by atoms with van der Waals surface area (Å²) in [6.45, 7) is 1.25. The molecule has 0 bridgehead atoms. The van der Waals surface area contributed by atoms with E-state index in [9.17, 15) is 13.6 Å². The molecule has 1 aliphatic rings. The standard InChI is InChI=1S/C21H25F2N3O3/c1-25-9-11-26(12-10-25)17-6-4-3-5-16(17)14-24-20(27)15-7-8-18(29-21(22)23)19(13-15)28-2/h3-8,13,21H,9-12,14H2,1-2H3,(H,24,27). The number of benzene rings is 2. The highest BCUT2D eigenvalue weighted by atomic mass is 19.3. The third kappa shape index (κ3) is 5.35. The summed E-state index contributed by atoms with van der Waals surface area (Å²) >= 11 is 0. The zero-order valence-electron chi connectivity index (χ0n) is 16.5. The molecule has 0 aromatic heterocycles. The average molecular weight is 405 g/mol. The van der Waals surface area contributed by atoms with Crippen molar-refractivity contribution in [3.8, 4) is 11.5 Å². The maximum absolute atomic E-state index is 12.6. The van der Waals surface area contributed by atoms with Crippen molar-refractivity contribution in [1.29, 1.82) is 0 Å². The second-order valence-corrected chi connectivity index (χ2v) is 6.85. The zero-order valence-corrected chi connectivity index (χ0v) is 16.5. The van der Waals surface area contributed by atoms with Gasteiger partial charge in [0.05, 0.1) is 7.11 Å². The van der Waals surface area contributed by atoms with Crippen molar-refractivity contribution in [2.45, 2.75) is 13.2 Å². The number of carbonyl (C=O) groups excluding carboxylic acids is 1. The number of hydrogen-bond acceptors (Lipinski definition) is 5. The van der Waals surface area contributed by atoms with Crippen molar-refractivity contribution in [3.05, 3.63) is 53.6 Å². The Labute approximate surface area is 169 Å². The van der Waals surface area contributed by atoms with E-state index in [-0.39, 0.29) is 17.4 Å². The van der Waals surface area contributed by atoms with E-state index >= 15 is 0 Å². The lowest BCUT2D eigenvalue weighted by Gasteiger charge is -2.35. The van der Waals surface area contributed by atoms with E-state index in [0.717, 1.165) is 37.4 Å². The molecule has 0 saturated carbocycles. The van der Waals surface area contributed by atoms with Crippen LogP contribution in [0.3, 0.4) is 0 Å². The van der Waals surface area contributed by atoms with Gasteiger partial charge in [0.15, 0.2) is 11.5 Å². The summed E-state index contributed by atoms with van der Waals surface area (Å²) in [4.78, 5) is 17.2. The van der Waals surface area contributed by atoms with Crippen molar-refractivity contribution >= 4 is 11.6 Å². The number of rotatable bonds is 7. The number of anilines is 1. The van der Waals surface area contributed by atoms with Crippen LogP contribution in [-0.2, 0) is 6.54 Å². The highest BCUT2D eigenvalue weighted by molar-refractivity contribution is 5.94. The largest absolute Gasteiger partial charge is 0.493 e. The molecule has 0 spiro atoms. The number of piperazine rings is 1. The first-order chi connectivity index (χ1) is 14.0. The number of amides is 1. The topological polar surface area (TPSA) is 54.0 Å². The van der Waals surface area contributed by atoms with E-state index in [1.54, 1.807) is 0 Å². The van der Waals surface area contributed by atoms with Gasteiger partial charge in [-0.1, -0.05) is 18.2 Å². The van der Waals surface area contributed by atoms with Crippen LogP contribution in [0.25, 0.3) is 0 Å². The second-order valence-electron chi connectivity index (χ2n) is 6.85. The van der Waals surface area contributed by atoms with Crippen LogP contribution in [0.5, 0.6) is 11.5 Å². The minimum absolute atomic E-state index is 0.0794. The Bertz CT molecular complexity index is 840. The lowest BCUT2D eigenvalue weighted by atomic mass is 10.1. The summed E-state index contributed by atoms with van der Waals surface area (Å²) in [5.74, 6) is -0.352. The Balaban J connectivity index is 1.68. The molecule has 1 saturated heterocycles. The Kier molecular flexibility index (Phi) is 6.87. The Morgan fingerprint density at radius 1 is 1.10 bits per heavy atom. The minimum atomic E-state index is -2.96. The number of likely N-dealkylation sites (N-methyl/N-ethyl adjacent to an activating group) is 1. The Morgan fingerprint density at radius 2 is 1.83 bits per heavy atom. The number of para-hydroxylation sites is 1. The Hall–Kier alpha value is -2.87. The smallest absolute Gasteiger partial charge is 0.387 e. The molecule has 2 aromatic rings. The van der Waals surface area contributed by atoms with E-state index in [0.29, 0.717) is 12.1 Å². The van der Waals surface area contributed by atoms with Crippen LogP contribution >= 0.6 is 0 Å². The average Bonchev–Trinajstić information content (AvgIpc) is 2.72. The first kappa shape index (κ1) is 20.9. The zero-order chi connectivity index (χ0) is 20.8. The number of alkyl halides is 2. The summed E-state index contributed by atoms with van der Waals surface area (Å²) in [6.07, 6.45) is 0. The van der Waals surface area contributed by atoms with Crippen molar-refractivity contribution in [2.24, 2.45) is 0 Å². The summed E-state index contributed by atoms with van der Waals surface area (Å²) in [5.41, 5.74) is 2.44. The fraction of sp³-hybridized carbons (Fsp3) is 0.381. The van der Waals surface area contributed by atoms with Gasteiger partial charge in [0.1, 0.15) is 0 Å². The molecule has 3 rings (SSSR count). The van der Waals surface area contributed by atoms with Crippen LogP contribution in [0.2, 0.25) is 0 Å². The monoisotopic (exact) mass is 405 g/mol. The third-order valence-electron chi connectivity index (χ3n) is 4.92. The van der Waals surface area contributed by atoms with Crippen molar-refractivity contribution in [1.82, 2.24) is 10.2 Å². The number of hydrogen-bond donors (Lipinski definition) is 1. The van der Waals surface area contributed by atoms with Gasteiger partial charge in [-0.3, -0.25) is 4.79 Å². The molecule has 1 N–H and O–H groups in total. The molecule has 1 heterocycles. The van der Waals surface area contributed by atoms with Crippen molar-refractivity contribution in [2.75, 3.05) is 45.2 Å². The number of halogens is 2. The molecule has 0 unspecified atom stereocenters. The molecule has 0 atom stereocenters. The summed E-state index contributed by atoms with van der Waals surface area (Å²) in [5, 5.41) is 2.89. The first-order valence-corrected chi connectivity index (χ1v) is 9.40. The summed E-state index contributed by atoms with van der Waals surface area (Å²) in [7, 11) is 3.44. The molecule has 1 amide bonds. The first-order valence-electron chi connectivity index (χ1n) is 9.40. The van der Waals surface area contributed by atoms with Crippen LogP contribution in [0.1, 0.15) is 15.9 Å². The molecule has 1 aliphatic heterocycles. The van der Waals surface area contributed by atoms with Gasteiger partial charge in [0.25, 0.3) is 5.91 Å². The van der Waals surface area contributed by atoms with Gasteiger partial charge < -0.3 is 24.6 Å². The Morgan fingerprint density at radius 3 is 2.52 bits per heavy atom. The van der Waals surface area contributed by atoms with Crippen LogP contribution in [0.4, 0.5) is 14.5 Å². The summed E-state index contributed by atoms with van der Waals surface area (Å²) < 4.78 is 34.4. The molecular formula is C21H25F2N3O3. The van der Waals surface area contributed by atoms with Crippen molar-refractivity contribution < 1.29 is 23.0 Å². The predicted molar refractivity (Wildman–Crippen MR) is 107 cm³/mol. The number of carbonyl (C=O) groups is 1. The van der Waals surface area contributed by atoms with Gasteiger partial charge in [-0.25, -0.2) is 0 Å². The van der Waals surface area contributed by atoms with Gasteiger partial charge in [-0.2, -0.15) is 8.78 Å². The van der Waals surface area contributed by atoms with Gasteiger partial charge in [0, 0.05) is 44.0 Å². The molecule has 0 aliphatic carbocycles. The molecule has 0 radical (unpaired) electrons. The quantitative estimate of drug-likeness (QED) is 0.768. The van der Waals surface area contributed by atoms with Crippen LogP contribution in [0.15, 0.2) is 42.5 Å². The second kappa shape index (κ2) is 9.56. The van der Waals surface area contributed by atoms with Crippen LogP contribution < -0.4 is 19.7 Å². The maximum atomic E-state index is 12.6. The highest BCUT2D eigenvalue weighted by Gasteiger charge is 2.18. The van der Waals surface area contributed by atoms with Gasteiger partial charge in [-0.05, 0) is 36.9 Å². The highest BCUT2D eigenvalue weighted by Crippen LogP contribution is 2.29. The maximum Gasteiger partial charge on any atom is 0.387 e. The SMILES string of the molecule is COc1cc(C(=O)NCc2ccccc2N2CCN(C)CC2)ccc1OC(F)F. The molecule has 1 fully saturated rings. The molecule has 6 nitrogen and oxygen atoms in total. The summed E-state index contributed by atoms with van der Waals surface area (Å²) in [6, 6.07) is 12.1. The fourth-order valence-corrected chi connectivity index (χ4v) is 3.30. The molecule has 29 heavy (non-hydrogen) atoms. The minimum Gasteiger partial charge on any atom is -0.493 e. The van der Waals surface area contributed by atoms with E-state index in [2.05, 4.69) is 33.0 Å². The van der Waals surface area contributed by atoms with E-state index in [4.69, 9.17) is 4.74 Å². The van der Waals surface area contributed by atoms with E-state index in [1.807, 2.05) is 18.2 Å². The number of nitrogens with one attached hydrogen (secondary N) is 1. The predicted octanol–water partition coefficient (Wildman–Crippen LogP) is 2.98. The molecule has 8 heteroatoms. The van der Waals surface area contributed by atoms with E-state index < -0.39 is 6.61 Å².